The Balaban J connectivity index is 2.29. The molecule has 0 atom stereocenters. The molecule has 3 N–H and O–H groups in total. The summed E-state index contributed by atoms with van der Waals surface area (Å²) in [6, 6.07) is 7.91. The number of aryl methyl sites for hydroxylation is 1. The summed E-state index contributed by atoms with van der Waals surface area (Å²) >= 11 is 0. The van der Waals surface area contributed by atoms with Crippen molar-refractivity contribution in [3.63, 3.8) is 0 Å². The summed E-state index contributed by atoms with van der Waals surface area (Å²) in [7, 11) is 0. The van der Waals surface area contributed by atoms with Gasteiger partial charge in [0.05, 0.1) is 5.69 Å². The molecule has 0 aliphatic rings. The standard InChI is InChI=1S/C15H12FNO4/c1-8-5-6-9(7-11(8)16)14(19)17-12-4-2-3-10(13(12)18)15(20)21/h2-7,18H,1H3,(H,17,19)(H,20,21). The fourth-order valence-electron chi connectivity index (χ4n) is 1.75. The molecule has 0 bridgehead atoms. The molecule has 0 heterocycles. The number of rotatable bonds is 3. The molecule has 2 aromatic rings. The molecule has 2 rings (SSSR count). The number of halogens is 1. The van der Waals surface area contributed by atoms with Crippen molar-refractivity contribution in [3.8, 4) is 5.75 Å². The van der Waals surface area contributed by atoms with Gasteiger partial charge in [-0.25, -0.2) is 9.18 Å². The SMILES string of the molecule is Cc1ccc(C(=O)Nc2cccc(C(=O)O)c2O)cc1F. The van der Waals surface area contributed by atoms with Crippen LogP contribution in [-0.4, -0.2) is 22.1 Å². The van der Waals surface area contributed by atoms with Crippen LogP contribution in [0.5, 0.6) is 5.75 Å². The van der Waals surface area contributed by atoms with Crippen LogP contribution in [0.3, 0.4) is 0 Å². The van der Waals surface area contributed by atoms with Crippen LogP contribution in [0.1, 0.15) is 26.3 Å². The zero-order valence-electron chi connectivity index (χ0n) is 11.1. The molecule has 0 radical (unpaired) electrons. The number of hydrogen-bond donors (Lipinski definition) is 3. The number of amides is 1. The Morgan fingerprint density at radius 1 is 1.19 bits per heavy atom. The van der Waals surface area contributed by atoms with Crippen molar-refractivity contribution in [3.05, 3.63) is 58.9 Å². The van der Waals surface area contributed by atoms with E-state index in [0.29, 0.717) is 5.56 Å². The highest BCUT2D eigenvalue weighted by atomic mass is 19.1. The number of hydrogen-bond acceptors (Lipinski definition) is 3. The van der Waals surface area contributed by atoms with Gasteiger partial charge in [0, 0.05) is 5.56 Å². The predicted octanol–water partition coefficient (Wildman–Crippen LogP) is 2.79. The number of aromatic carboxylic acids is 1. The van der Waals surface area contributed by atoms with Gasteiger partial charge in [-0.3, -0.25) is 4.79 Å². The summed E-state index contributed by atoms with van der Waals surface area (Å²) < 4.78 is 13.4. The number of aromatic hydroxyl groups is 1. The van der Waals surface area contributed by atoms with Crippen LogP contribution in [0.4, 0.5) is 10.1 Å². The number of para-hydroxylation sites is 1. The lowest BCUT2D eigenvalue weighted by Gasteiger charge is -2.09. The zero-order valence-corrected chi connectivity index (χ0v) is 11.1. The zero-order chi connectivity index (χ0) is 15.6. The molecular formula is C15H12FNO4. The van der Waals surface area contributed by atoms with Crippen LogP contribution in [0.25, 0.3) is 0 Å². The fraction of sp³-hybridized carbons (Fsp3) is 0.0667. The summed E-state index contributed by atoms with van der Waals surface area (Å²) in [5.74, 6) is -3.03. The van der Waals surface area contributed by atoms with Crippen molar-refractivity contribution < 1.29 is 24.2 Å². The summed E-state index contributed by atoms with van der Waals surface area (Å²) in [4.78, 5) is 22.9. The van der Waals surface area contributed by atoms with E-state index in [1.54, 1.807) is 6.92 Å². The van der Waals surface area contributed by atoms with Gasteiger partial charge < -0.3 is 15.5 Å². The van der Waals surface area contributed by atoms with Gasteiger partial charge >= 0.3 is 5.97 Å². The average molecular weight is 289 g/mol. The highest BCUT2D eigenvalue weighted by Gasteiger charge is 2.15. The van der Waals surface area contributed by atoms with Gasteiger partial charge in [0.15, 0.2) is 5.75 Å². The van der Waals surface area contributed by atoms with Crippen molar-refractivity contribution in [1.29, 1.82) is 0 Å². The molecule has 21 heavy (non-hydrogen) atoms. The number of benzene rings is 2. The number of carbonyl (C=O) groups is 2. The summed E-state index contributed by atoms with van der Waals surface area (Å²) in [5.41, 5.74) is 0.0873. The summed E-state index contributed by atoms with van der Waals surface area (Å²) in [6.07, 6.45) is 0. The van der Waals surface area contributed by atoms with Gasteiger partial charge in [-0.15, -0.1) is 0 Å². The van der Waals surface area contributed by atoms with Gasteiger partial charge in [-0.1, -0.05) is 12.1 Å². The molecule has 0 aliphatic carbocycles. The van der Waals surface area contributed by atoms with E-state index in [9.17, 15) is 19.1 Å². The average Bonchev–Trinajstić information content (AvgIpc) is 2.43. The molecule has 0 spiro atoms. The number of carboxylic acids is 1. The minimum Gasteiger partial charge on any atom is -0.505 e. The molecule has 0 aromatic heterocycles. The number of carbonyl (C=O) groups excluding carboxylic acids is 1. The number of phenols is 1. The van der Waals surface area contributed by atoms with Crippen LogP contribution in [0, 0.1) is 12.7 Å². The first kappa shape index (κ1) is 14.5. The van der Waals surface area contributed by atoms with Crippen molar-refractivity contribution in [1.82, 2.24) is 0 Å². The second kappa shape index (κ2) is 5.62. The molecule has 0 aliphatic heterocycles. The second-order valence-corrected chi connectivity index (χ2v) is 4.42. The molecule has 5 nitrogen and oxygen atoms in total. The van der Waals surface area contributed by atoms with Crippen LogP contribution >= 0.6 is 0 Å². The van der Waals surface area contributed by atoms with Crippen molar-refractivity contribution >= 4 is 17.6 Å². The molecule has 0 unspecified atom stereocenters. The van der Waals surface area contributed by atoms with Crippen molar-refractivity contribution in [2.45, 2.75) is 6.92 Å². The van der Waals surface area contributed by atoms with Crippen molar-refractivity contribution in [2.24, 2.45) is 0 Å². The van der Waals surface area contributed by atoms with E-state index in [1.807, 2.05) is 0 Å². The highest BCUT2D eigenvalue weighted by Crippen LogP contribution is 2.27. The van der Waals surface area contributed by atoms with E-state index in [4.69, 9.17) is 5.11 Å². The van der Waals surface area contributed by atoms with Crippen LogP contribution < -0.4 is 5.32 Å². The minimum absolute atomic E-state index is 0.0547. The Kier molecular flexibility index (Phi) is 3.89. The van der Waals surface area contributed by atoms with Crippen LogP contribution in [0.15, 0.2) is 36.4 Å². The van der Waals surface area contributed by atoms with Gasteiger partial charge in [-0.2, -0.15) is 0 Å². The Hall–Kier alpha value is -2.89. The van der Waals surface area contributed by atoms with E-state index in [2.05, 4.69) is 5.32 Å². The number of nitrogens with one attached hydrogen (secondary N) is 1. The third-order valence-electron chi connectivity index (χ3n) is 2.95. The first-order valence-electron chi connectivity index (χ1n) is 6.03. The molecule has 6 heteroatoms. The van der Waals surface area contributed by atoms with E-state index < -0.39 is 23.4 Å². The Morgan fingerprint density at radius 2 is 1.90 bits per heavy atom. The highest BCUT2D eigenvalue weighted by molar-refractivity contribution is 6.06. The maximum Gasteiger partial charge on any atom is 0.339 e. The summed E-state index contributed by atoms with van der Waals surface area (Å²) in [6.45, 7) is 1.57. The Morgan fingerprint density at radius 3 is 2.52 bits per heavy atom. The van der Waals surface area contributed by atoms with Crippen LogP contribution in [-0.2, 0) is 0 Å². The quantitative estimate of drug-likeness (QED) is 0.758. The predicted molar refractivity (Wildman–Crippen MR) is 74.2 cm³/mol. The number of carboxylic acid groups (broad SMARTS) is 1. The van der Waals surface area contributed by atoms with Gasteiger partial charge in [-0.05, 0) is 36.8 Å². The Labute approximate surface area is 119 Å². The second-order valence-electron chi connectivity index (χ2n) is 4.42. The number of anilines is 1. The van der Waals surface area contributed by atoms with Crippen LogP contribution in [0.2, 0.25) is 0 Å². The van der Waals surface area contributed by atoms with Gasteiger partial charge in [0.1, 0.15) is 11.4 Å². The first-order valence-corrected chi connectivity index (χ1v) is 6.03. The normalized spacial score (nSPS) is 10.2. The van der Waals surface area contributed by atoms with Gasteiger partial charge in [0.2, 0.25) is 0 Å². The lowest BCUT2D eigenvalue weighted by atomic mass is 10.1. The molecule has 0 saturated carbocycles. The molecule has 2 aromatic carbocycles. The third kappa shape index (κ3) is 3.00. The third-order valence-corrected chi connectivity index (χ3v) is 2.95. The molecular weight excluding hydrogens is 277 g/mol. The lowest BCUT2D eigenvalue weighted by Crippen LogP contribution is -2.13. The fourth-order valence-corrected chi connectivity index (χ4v) is 1.75. The lowest BCUT2D eigenvalue weighted by molar-refractivity contribution is 0.0693. The largest absolute Gasteiger partial charge is 0.505 e. The summed E-state index contributed by atoms with van der Waals surface area (Å²) in [5, 5.41) is 21.0. The smallest absolute Gasteiger partial charge is 0.339 e. The van der Waals surface area contributed by atoms with Gasteiger partial charge in [0.25, 0.3) is 5.91 Å². The van der Waals surface area contributed by atoms with E-state index in [-0.39, 0.29) is 16.8 Å². The van der Waals surface area contributed by atoms with Crippen molar-refractivity contribution in [2.75, 3.05) is 5.32 Å². The molecule has 0 fully saturated rings. The van der Waals surface area contributed by atoms with E-state index in [1.165, 1.54) is 30.3 Å². The van der Waals surface area contributed by atoms with E-state index >= 15 is 0 Å². The monoisotopic (exact) mass is 289 g/mol. The Bertz CT molecular complexity index is 728. The minimum atomic E-state index is -1.31. The molecule has 1 amide bonds. The maximum absolute atomic E-state index is 13.4. The topological polar surface area (TPSA) is 86.6 Å². The van der Waals surface area contributed by atoms with E-state index in [0.717, 1.165) is 6.07 Å². The first-order chi connectivity index (χ1) is 9.90. The maximum atomic E-state index is 13.4. The molecule has 0 saturated heterocycles. The molecule has 108 valence electrons.